The SMILES string of the molecule is CNC(=O)C1CNCCN1C(=O)c1csc([N+](=O)[O-])c1. The number of nitro groups is 1. The van der Waals surface area contributed by atoms with Crippen molar-refractivity contribution in [2.45, 2.75) is 6.04 Å². The summed E-state index contributed by atoms with van der Waals surface area (Å²) in [4.78, 5) is 35.7. The molecule has 2 heterocycles. The number of amides is 2. The average Bonchev–Trinajstić information content (AvgIpc) is 2.95. The summed E-state index contributed by atoms with van der Waals surface area (Å²) in [6.45, 7) is 1.35. The first-order valence-electron chi connectivity index (χ1n) is 6.00. The second kappa shape index (κ2) is 5.97. The van der Waals surface area contributed by atoms with Crippen LogP contribution in [0.15, 0.2) is 11.4 Å². The van der Waals surface area contributed by atoms with Crippen molar-refractivity contribution in [3.63, 3.8) is 0 Å². The first-order chi connectivity index (χ1) is 9.54. The zero-order valence-electron chi connectivity index (χ0n) is 10.8. The van der Waals surface area contributed by atoms with Crippen LogP contribution in [0.1, 0.15) is 10.4 Å². The van der Waals surface area contributed by atoms with Gasteiger partial charge in [0.2, 0.25) is 5.91 Å². The Labute approximate surface area is 118 Å². The summed E-state index contributed by atoms with van der Waals surface area (Å²) in [6.07, 6.45) is 0. The van der Waals surface area contributed by atoms with E-state index in [4.69, 9.17) is 0 Å². The molecule has 1 aliphatic heterocycles. The van der Waals surface area contributed by atoms with Crippen LogP contribution in [-0.2, 0) is 4.79 Å². The largest absolute Gasteiger partial charge is 0.357 e. The van der Waals surface area contributed by atoms with Gasteiger partial charge in [-0.25, -0.2) is 0 Å². The molecule has 108 valence electrons. The maximum atomic E-state index is 12.4. The third kappa shape index (κ3) is 2.78. The smallest absolute Gasteiger partial charge is 0.324 e. The van der Waals surface area contributed by atoms with Crippen LogP contribution in [0.3, 0.4) is 0 Å². The van der Waals surface area contributed by atoms with E-state index in [0.717, 1.165) is 11.3 Å². The van der Waals surface area contributed by atoms with Crippen LogP contribution in [0.5, 0.6) is 0 Å². The monoisotopic (exact) mass is 298 g/mol. The molecule has 1 aliphatic rings. The molecule has 2 amide bonds. The second-order valence-electron chi connectivity index (χ2n) is 4.26. The molecule has 0 radical (unpaired) electrons. The number of nitrogens with zero attached hydrogens (tertiary/aromatic N) is 2. The number of carbonyl (C=O) groups excluding carboxylic acids is 2. The third-order valence-corrected chi connectivity index (χ3v) is 3.95. The first kappa shape index (κ1) is 14.4. The zero-order valence-corrected chi connectivity index (χ0v) is 11.6. The highest BCUT2D eigenvalue weighted by Gasteiger charge is 2.32. The Balaban J connectivity index is 2.20. The van der Waals surface area contributed by atoms with Gasteiger partial charge in [-0.2, -0.15) is 0 Å². The van der Waals surface area contributed by atoms with E-state index in [1.54, 1.807) is 0 Å². The lowest BCUT2D eigenvalue weighted by Crippen LogP contribution is -2.59. The molecular formula is C11H14N4O4S. The van der Waals surface area contributed by atoms with Crippen LogP contribution in [0.25, 0.3) is 0 Å². The molecular weight excluding hydrogens is 284 g/mol. The molecule has 8 nitrogen and oxygen atoms in total. The summed E-state index contributed by atoms with van der Waals surface area (Å²) in [7, 11) is 1.51. The normalized spacial score (nSPS) is 18.6. The van der Waals surface area contributed by atoms with Crippen LogP contribution in [0.2, 0.25) is 0 Å². The minimum absolute atomic E-state index is 0.0834. The van der Waals surface area contributed by atoms with Crippen molar-refractivity contribution in [1.29, 1.82) is 0 Å². The lowest BCUT2D eigenvalue weighted by atomic mass is 10.1. The molecule has 1 aromatic rings. The molecule has 0 aliphatic carbocycles. The highest BCUT2D eigenvalue weighted by atomic mass is 32.1. The standard InChI is InChI=1S/C11H14N4O4S/c1-12-10(16)8-5-13-2-3-14(8)11(17)7-4-9(15(18)19)20-6-7/h4,6,8,13H,2-3,5H2,1H3,(H,12,16). The fourth-order valence-electron chi connectivity index (χ4n) is 2.05. The Morgan fingerprint density at radius 2 is 2.35 bits per heavy atom. The second-order valence-corrected chi connectivity index (χ2v) is 5.15. The molecule has 0 aromatic carbocycles. The van der Waals surface area contributed by atoms with Gasteiger partial charge in [0, 0.05) is 38.1 Å². The van der Waals surface area contributed by atoms with Gasteiger partial charge in [-0.15, -0.1) is 0 Å². The molecule has 0 spiro atoms. The lowest BCUT2D eigenvalue weighted by Gasteiger charge is -2.34. The van der Waals surface area contributed by atoms with Crippen LogP contribution in [-0.4, -0.2) is 54.4 Å². The summed E-state index contributed by atoms with van der Waals surface area (Å²) < 4.78 is 0. The van der Waals surface area contributed by atoms with Crippen molar-refractivity contribution >= 4 is 28.2 Å². The topological polar surface area (TPSA) is 105 Å². The quantitative estimate of drug-likeness (QED) is 0.595. The lowest BCUT2D eigenvalue weighted by molar-refractivity contribution is -0.380. The summed E-state index contributed by atoms with van der Waals surface area (Å²) in [5.41, 5.74) is 0.248. The minimum Gasteiger partial charge on any atom is -0.357 e. The summed E-state index contributed by atoms with van der Waals surface area (Å²) in [6, 6.07) is 0.649. The van der Waals surface area contributed by atoms with E-state index in [9.17, 15) is 19.7 Å². The van der Waals surface area contributed by atoms with Crippen molar-refractivity contribution in [1.82, 2.24) is 15.5 Å². The van der Waals surface area contributed by atoms with Gasteiger partial charge in [-0.3, -0.25) is 19.7 Å². The van der Waals surface area contributed by atoms with Gasteiger partial charge in [0.15, 0.2) is 0 Å². The van der Waals surface area contributed by atoms with Crippen molar-refractivity contribution in [3.05, 3.63) is 27.1 Å². The van der Waals surface area contributed by atoms with Crippen molar-refractivity contribution < 1.29 is 14.5 Å². The average molecular weight is 298 g/mol. The molecule has 1 atom stereocenters. The molecule has 1 unspecified atom stereocenters. The molecule has 0 saturated carbocycles. The van der Waals surface area contributed by atoms with E-state index in [2.05, 4.69) is 10.6 Å². The zero-order chi connectivity index (χ0) is 14.7. The summed E-state index contributed by atoms with van der Waals surface area (Å²) in [5.74, 6) is -0.611. The van der Waals surface area contributed by atoms with Gasteiger partial charge in [-0.1, -0.05) is 11.3 Å². The first-order valence-corrected chi connectivity index (χ1v) is 6.88. The Morgan fingerprint density at radius 1 is 1.60 bits per heavy atom. The van der Waals surface area contributed by atoms with Gasteiger partial charge in [0.1, 0.15) is 6.04 Å². The van der Waals surface area contributed by atoms with E-state index >= 15 is 0 Å². The summed E-state index contributed by atoms with van der Waals surface area (Å²) >= 11 is 0.903. The predicted octanol–water partition coefficient (Wildman–Crippen LogP) is -0.184. The number of nitrogens with one attached hydrogen (secondary N) is 2. The number of likely N-dealkylation sites (N-methyl/N-ethyl adjacent to an activating group) is 1. The molecule has 9 heteroatoms. The van der Waals surface area contributed by atoms with Crippen LogP contribution < -0.4 is 10.6 Å². The molecule has 0 bridgehead atoms. The van der Waals surface area contributed by atoms with Crippen molar-refractivity contribution in [2.24, 2.45) is 0 Å². The van der Waals surface area contributed by atoms with E-state index in [0.29, 0.717) is 19.6 Å². The minimum atomic E-state index is -0.597. The van der Waals surface area contributed by atoms with Gasteiger partial charge in [-0.05, 0) is 0 Å². The number of hydrogen-bond acceptors (Lipinski definition) is 6. The maximum absolute atomic E-state index is 12.4. The van der Waals surface area contributed by atoms with Crippen LogP contribution in [0.4, 0.5) is 5.00 Å². The third-order valence-electron chi connectivity index (χ3n) is 3.07. The Bertz CT molecular complexity index is 544. The van der Waals surface area contributed by atoms with E-state index in [-0.39, 0.29) is 22.4 Å². The fraction of sp³-hybridized carbons (Fsp3) is 0.455. The Kier molecular flexibility index (Phi) is 4.30. The number of thiophene rings is 1. The molecule has 2 rings (SSSR count). The highest BCUT2D eigenvalue weighted by molar-refractivity contribution is 7.13. The summed E-state index contributed by atoms with van der Waals surface area (Å²) in [5, 5.41) is 17.6. The molecule has 1 saturated heterocycles. The van der Waals surface area contributed by atoms with Crippen molar-refractivity contribution in [2.75, 3.05) is 26.7 Å². The molecule has 1 fully saturated rings. The number of hydrogen-bond donors (Lipinski definition) is 2. The molecule has 1 aromatic heterocycles. The fourth-order valence-corrected chi connectivity index (χ4v) is 2.74. The van der Waals surface area contributed by atoms with E-state index in [1.165, 1.54) is 23.4 Å². The predicted molar refractivity (Wildman–Crippen MR) is 72.7 cm³/mol. The Morgan fingerprint density at radius 3 is 2.95 bits per heavy atom. The van der Waals surface area contributed by atoms with Gasteiger partial charge >= 0.3 is 5.00 Å². The van der Waals surface area contributed by atoms with Gasteiger partial charge < -0.3 is 15.5 Å². The van der Waals surface area contributed by atoms with E-state index in [1.807, 2.05) is 0 Å². The Hall–Kier alpha value is -2.00. The highest BCUT2D eigenvalue weighted by Crippen LogP contribution is 2.24. The van der Waals surface area contributed by atoms with Gasteiger partial charge in [0.25, 0.3) is 5.91 Å². The van der Waals surface area contributed by atoms with Crippen molar-refractivity contribution in [3.8, 4) is 0 Å². The molecule has 20 heavy (non-hydrogen) atoms. The maximum Gasteiger partial charge on any atom is 0.324 e. The van der Waals surface area contributed by atoms with Crippen LogP contribution in [0, 0.1) is 10.1 Å². The number of rotatable bonds is 3. The number of carbonyl (C=O) groups is 2. The number of piperazine rings is 1. The van der Waals surface area contributed by atoms with Gasteiger partial charge in [0.05, 0.1) is 10.5 Å². The molecule has 2 N–H and O–H groups in total. The van der Waals surface area contributed by atoms with E-state index < -0.39 is 11.0 Å². The van der Waals surface area contributed by atoms with Crippen LogP contribution >= 0.6 is 11.3 Å².